The van der Waals surface area contributed by atoms with Crippen LogP contribution < -0.4 is 0 Å². The smallest absolute Gasteiger partial charge is 0.335 e. The van der Waals surface area contributed by atoms with Crippen molar-refractivity contribution in [2.45, 2.75) is 70.4 Å². The second-order valence-corrected chi connectivity index (χ2v) is 33.2. The van der Waals surface area contributed by atoms with Gasteiger partial charge in [0.05, 0.1) is 96.0 Å². The van der Waals surface area contributed by atoms with Gasteiger partial charge in [0.25, 0.3) is 0 Å². The lowest BCUT2D eigenvalue weighted by Crippen LogP contribution is -2.35. The number of halogens is 3. The van der Waals surface area contributed by atoms with Crippen LogP contribution in [0.4, 0.5) is 13.2 Å². The molecule has 2 saturated heterocycles. The van der Waals surface area contributed by atoms with Crippen molar-refractivity contribution in [2.24, 2.45) is 10.4 Å². The topological polar surface area (TPSA) is 227 Å². The summed E-state index contributed by atoms with van der Waals surface area (Å²) in [7, 11) is -3.21. The predicted octanol–water partition coefficient (Wildman–Crippen LogP) is 19.2. The van der Waals surface area contributed by atoms with E-state index in [1.807, 2.05) is 84.7 Å². The highest BCUT2D eigenvalue weighted by atomic mass is 32.2. The van der Waals surface area contributed by atoms with E-state index in [9.17, 15) is 51.3 Å². The highest BCUT2D eigenvalue weighted by Crippen LogP contribution is 2.50. The van der Waals surface area contributed by atoms with Crippen molar-refractivity contribution in [1.29, 1.82) is 0 Å². The zero-order valence-electron chi connectivity index (χ0n) is 60.8. The number of rotatable bonds is 16. The highest BCUT2D eigenvalue weighted by molar-refractivity contribution is 7.90. The Balaban J connectivity index is 0.000000127. The normalized spacial score (nSPS) is 15.2. The first-order valence-electron chi connectivity index (χ1n) is 36.5. The maximum Gasteiger partial charge on any atom is 0.335 e. The van der Waals surface area contributed by atoms with Crippen molar-refractivity contribution in [2.75, 3.05) is 51.6 Å². The number of aliphatic hydroxyl groups is 1. The van der Waals surface area contributed by atoms with Gasteiger partial charge < -0.3 is 43.2 Å². The van der Waals surface area contributed by atoms with Crippen LogP contribution in [0, 0.1) is 22.9 Å². The number of carboxylic acids is 2. The zero-order valence-corrected chi connectivity index (χ0v) is 63.2. The van der Waals surface area contributed by atoms with Crippen LogP contribution in [0.2, 0.25) is 0 Å². The molecule has 17 nitrogen and oxygen atoms in total. The average molecular weight is 1550 g/mol. The van der Waals surface area contributed by atoms with Crippen molar-refractivity contribution in [3.05, 3.63) is 261 Å². The Kier molecular flexibility index (Phi) is 20.2. The number of aromatic carboxylic acids is 2. The van der Waals surface area contributed by atoms with E-state index in [1.165, 1.54) is 59.6 Å². The monoisotopic (exact) mass is 1540 g/mol. The summed E-state index contributed by atoms with van der Waals surface area (Å²) in [5.41, 5.74) is 21.7. The number of carboxylic acid groups (broad SMARTS) is 2. The third kappa shape index (κ3) is 14.9. The molecule has 5 aromatic heterocycles. The molecule has 111 heavy (non-hydrogen) atoms. The highest BCUT2D eigenvalue weighted by Gasteiger charge is 2.40. The molecule has 9 aromatic carbocycles. The fraction of sp³-hybridized carbons (Fsp3) is 0.227. The van der Waals surface area contributed by atoms with Crippen molar-refractivity contribution in [3.63, 3.8) is 0 Å². The number of sulfone groups is 1. The van der Waals surface area contributed by atoms with Gasteiger partial charge in [0.2, 0.25) is 0 Å². The number of carbonyl (C=O) groups excluding carboxylic acids is 1. The van der Waals surface area contributed by atoms with Gasteiger partial charge in [-0.25, -0.2) is 41.1 Å². The Hall–Kier alpha value is -11.0. The third-order valence-electron chi connectivity index (χ3n) is 21.1. The molecule has 4 aliphatic rings. The number of hydrogen-bond donors (Lipinski definition) is 3. The van der Waals surface area contributed by atoms with E-state index in [2.05, 4.69) is 60.5 Å². The van der Waals surface area contributed by atoms with Gasteiger partial charge in [-0.05, 0) is 192 Å². The second-order valence-electron chi connectivity index (χ2n) is 29.3. The first-order valence-corrected chi connectivity index (χ1v) is 40.3. The molecule has 0 unspecified atom stereocenters. The minimum absolute atomic E-state index is 0.0464. The lowest BCUT2D eigenvalue weighted by molar-refractivity contribution is -0.0708. The summed E-state index contributed by atoms with van der Waals surface area (Å²) in [4.78, 5) is 49.6. The molecule has 0 spiro atoms. The Labute approximate surface area is 644 Å². The van der Waals surface area contributed by atoms with Crippen LogP contribution in [0.15, 0.2) is 204 Å². The van der Waals surface area contributed by atoms with Gasteiger partial charge in [-0.3, -0.25) is 9.79 Å². The van der Waals surface area contributed by atoms with E-state index < -0.39 is 32.8 Å². The largest absolute Gasteiger partial charge is 0.478 e. The maximum atomic E-state index is 14.0. The van der Waals surface area contributed by atoms with Gasteiger partial charge in [-0.15, -0.1) is 22.7 Å². The summed E-state index contributed by atoms with van der Waals surface area (Å²) in [5, 5.41) is 33.8. The lowest BCUT2D eigenvalue weighted by Gasteiger charge is -2.34. The summed E-state index contributed by atoms with van der Waals surface area (Å²) in [6, 6.07) is 53.3. The number of Topliss-reactive ketones (excluding diaryl/α,β-unsaturated/α-hetero) is 1. The summed E-state index contributed by atoms with van der Waals surface area (Å²) in [6.45, 7) is 7.57. The fourth-order valence-electron chi connectivity index (χ4n) is 16.1. The van der Waals surface area contributed by atoms with Gasteiger partial charge in [-0.2, -0.15) is 0 Å². The van der Waals surface area contributed by atoms with Crippen molar-refractivity contribution >= 4 is 115 Å². The molecule has 0 radical (unpaired) electrons. The molecule has 562 valence electrons. The number of aliphatic imine (C=N–C) groups is 1. The number of nitrogens with zero attached hydrogens (tertiary/aromatic N) is 6. The zero-order chi connectivity index (χ0) is 77.0. The number of ketones is 1. The van der Waals surface area contributed by atoms with Crippen LogP contribution >= 0.6 is 22.7 Å². The number of ether oxygens (including phenoxy) is 3. The van der Waals surface area contributed by atoms with E-state index in [4.69, 9.17) is 14.2 Å². The molecule has 14 aromatic rings. The molecule has 0 aliphatic carbocycles. The molecule has 4 aliphatic heterocycles. The van der Waals surface area contributed by atoms with E-state index in [-0.39, 0.29) is 52.5 Å². The average Bonchev–Trinajstić information content (AvgIpc) is 1.57. The predicted molar refractivity (Wildman–Crippen MR) is 430 cm³/mol. The third-order valence-corrected chi connectivity index (χ3v) is 24.0. The summed E-state index contributed by atoms with van der Waals surface area (Å²) in [6.07, 6.45) is 8.63. The maximum absolute atomic E-state index is 14.0. The molecular formula is C88H75F3N6O11S3. The number of benzene rings is 9. The molecule has 0 amide bonds. The van der Waals surface area contributed by atoms with E-state index in [0.29, 0.717) is 76.0 Å². The van der Waals surface area contributed by atoms with E-state index in [1.54, 1.807) is 77.5 Å². The minimum atomic E-state index is -3.21. The quantitative estimate of drug-likeness (QED) is 0.0766. The van der Waals surface area contributed by atoms with Crippen LogP contribution in [0.1, 0.15) is 118 Å². The Morgan fingerprint density at radius 1 is 0.568 bits per heavy atom. The van der Waals surface area contributed by atoms with Crippen molar-refractivity contribution in [1.82, 2.24) is 23.7 Å². The van der Waals surface area contributed by atoms with E-state index >= 15 is 0 Å². The summed E-state index contributed by atoms with van der Waals surface area (Å²) < 4.78 is 90.8. The Bertz CT molecular complexity index is 6130. The first-order chi connectivity index (χ1) is 53.5. The molecule has 9 heterocycles. The number of thiazole rings is 2. The molecule has 2 fully saturated rings. The molecule has 18 rings (SSSR count). The molecule has 3 N–H and O–H groups in total. The summed E-state index contributed by atoms with van der Waals surface area (Å²) >= 11 is 3.11. The van der Waals surface area contributed by atoms with Gasteiger partial charge in [-0.1, -0.05) is 68.5 Å². The van der Waals surface area contributed by atoms with Crippen molar-refractivity contribution < 1.29 is 65.5 Å². The van der Waals surface area contributed by atoms with Crippen LogP contribution in [-0.2, 0) is 36.2 Å². The van der Waals surface area contributed by atoms with Gasteiger partial charge in [0.15, 0.2) is 5.78 Å². The summed E-state index contributed by atoms with van der Waals surface area (Å²) in [5.74, 6) is -2.78. The van der Waals surface area contributed by atoms with Crippen LogP contribution in [0.25, 0.3) is 109 Å². The molecule has 23 heteroatoms. The van der Waals surface area contributed by atoms with Gasteiger partial charge >= 0.3 is 11.9 Å². The Morgan fingerprint density at radius 2 is 1.05 bits per heavy atom. The number of aromatic nitrogens is 5. The SMILES string of the molecule is CC(C)(CC(=O)c1ccc(-c2c(C3CCOCC3)n(-c3ccc(F)cc3)c3cc4c(cc23)CN=C4)cc1)CS(C)(=O)=O.O=C(O)c1ccc(-c2c(C3(O)CCOCC3)n(-c3ccc(F)cc3)c3cc4ncsc4cc23)cc1.O=C(O)c1ccc(-c2c(C3=CCOCC3)n(-c3ccc(F)cc3)c3cc4ncsc4cc23)cc1. The van der Waals surface area contributed by atoms with Gasteiger partial charge in [0.1, 0.15) is 32.9 Å². The number of hydrogen-bond acceptors (Lipinski definition) is 14. The lowest BCUT2D eigenvalue weighted by atomic mass is 9.85. The number of fused-ring (bicyclic) bond motifs is 6. The van der Waals surface area contributed by atoms with Crippen LogP contribution in [0.3, 0.4) is 0 Å². The molecular weight excluding hydrogens is 1470 g/mol. The molecule has 0 atom stereocenters. The van der Waals surface area contributed by atoms with Gasteiger partial charge in [0, 0.05) is 125 Å². The molecule has 0 bridgehead atoms. The standard InChI is InChI=1S/C34H35FN2O4S.C27H21FN2O4S.C27H19FN2O3S/c1-34(2,21-42(3,39)40)18-31(38)22-4-6-23(7-5-22)32-29-16-25-19-36-20-26(25)17-30(29)37(28-10-8-27(35)9-11-28)33(32)24-12-14-41-15-13-24;28-18-5-7-19(8-6-18)30-22-14-21-23(35-15-29-21)13-20(22)24(16-1-3-17(4-2-16)26(31)32)25(30)27(33)9-11-34-12-10-27;28-19-5-7-20(8-6-19)30-23-14-22-24(34-15-29-22)13-21(23)25(26(30)17-9-11-33-12-10-17)16-1-3-18(4-2-16)27(31)32/h4-11,16-17,20,24H,12-15,18-19,21H2,1-3H3;1-8,13-15,33H,9-12H2,(H,31,32);1-9,13-15H,10-12H2,(H,31,32). The van der Waals surface area contributed by atoms with Crippen molar-refractivity contribution in [3.8, 4) is 50.4 Å². The fourth-order valence-corrected chi connectivity index (χ4v) is 19.0. The molecule has 0 saturated carbocycles. The van der Waals surface area contributed by atoms with Crippen LogP contribution in [0.5, 0.6) is 0 Å². The Morgan fingerprint density at radius 3 is 1.58 bits per heavy atom. The van der Waals surface area contributed by atoms with Crippen LogP contribution in [-0.4, -0.2) is 123 Å². The first kappa shape index (κ1) is 74.1. The van der Waals surface area contributed by atoms with E-state index in [0.717, 1.165) is 140 Å². The second kappa shape index (κ2) is 30.3. The number of carbonyl (C=O) groups is 3. The minimum Gasteiger partial charge on any atom is -0.478 e.